The van der Waals surface area contributed by atoms with Crippen molar-refractivity contribution in [1.29, 1.82) is 5.26 Å². The van der Waals surface area contributed by atoms with E-state index in [4.69, 9.17) is 25.1 Å². The highest BCUT2D eigenvalue weighted by atomic mass is 16.4. The van der Waals surface area contributed by atoms with Gasteiger partial charge in [0.15, 0.2) is 0 Å². The average Bonchev–Trinajstić information content (AvgIpc) is 2.20. The van der Waals surface area contributed by atoms with Gasteiger partial charge in [-0.2, -0.15) is 5.26 Å². The average molecular weight is 200 g/mol. The molecule has 1 fully saturated rings. The topological polar surface area (TPSA) is 110 Å². The lowest BCUT2D eigenvalue weighted by molar-refractivity contribution is -0.159. The number of nitriles is 1. The number of carboxylic acids is 2. The maximum atomic E-state index is 9.10. The number of nitrogens with zero attached hydrogens (tertiary/aromatic N) is 1. The summed E-state index contributed by atoms with van der Waals surface area (Å²) < 4.78 is 0. The highest BCUT2D eigenvalue weighted by Gasteiger charge is 2.09. The molecule has 14 heavy (non-hydrogen) atoms. The van der Waals surface area contributed by atoms with Crippen molar-refractivity contribution < 1.29 is 19.8 Å². The van der Waals surface area contributed by atoms with Gasteiger partial charge in [-0.3, -0.25) is 0 Å². The summed E-state index contributed by atoms with van der Waals surface area (Å²) in [5, 5.41) is 26.3. The molecule has 3 N–H and O–H groups in total. The number of carboxylic acid groups (broad SMARTS) is 2. The molecule has 0 spiro atoms. The molecule has 0 aromatic carbocycles. The summed E-state index contributed by atoms with van der Waals surface area (Å²) in [6.07, 6.45) is 3.49. The van der Waals surface area contributed by atoms with E-state index >= 15 is 0 Å². The molecule has 0 aromatic heterocycles. The van der Waals surface area contributed by atoms with Gasteiger partial charge < -0.3 is 15.5 Å². The van der Waals surface area contributed by atoms with E-state index in [0.29, 0.717) is 0 Å². The third-order valence-corrected chi connectivity index (χ3v) is 1.65. The molecular formula is C8H12N2O4. The van der Waals surface area contributed by atoms with Crippen molar-refractivity contribution in [3.63, 3.8) is 0 Å². The van der Waals surface area contributed by atoms with Crippen LogP contribution < -0.4 is 5.32 Å². The van der Waals surface area contributed by atoms with Gasteiger partial charge in [-0.25, -0.2) is 9.59 Å². The first-order chi connectivity index (χ1) is 6.57. The molecule has 0 unspecified atom stereocenters. The van der Waals surface area contributed by atoms with Gasteiger partial charge in [0.1, 0.15) is 0 Å². The minimum atomic E-state index is -1.82. The van der Waals surface area contributed by atoms with E-state index in [0.717, 1.165) is 13.0 Å². The van der Waals surface area contributed by atoms with Gasteiger partial charge in [-0.05, 0) is 25.8 Å². The van der Waals surface area contributed by atoms with E-state index < -0.39 is 11.9 Å². The van der Waals surface area contributed by atoms with Gasteiger partial charge in [0.2, 0.25) is 0 Å². The Morgan fingerprint density at radius 2 is 1.86 bits per heavy atom. The lowest BCUT2D eigenvalue weighted by Gasteiger charge is -2.15. The van der Waals surface area contributed by atoms with Crippen LogP contribution in [0.15, 0.2) is 0 Å². The zero-order valence-electron chi connectivity index (χ0n) is 7.56. The molecule has 6 nitrogen and oxygen atoms in total. The molecule has 78 valence electrons. The van der Waals surface area contributed by atoms with Crippen LogP contribution in [-0.4, -0.2) is 34.7 Å². The molecule has 0 saturated carbocycles. The number of hydrogen-bond donors (Lipinski definition) is 3. The third kappa shape index (κ3) is 5.97. The van der Waals surface area contributed by atoms with Crippen LogP contribution in [0.2, 0.25) is 0 Å². The standard InChI is InChI=1S/C6H10N2.C2H2O4/c7-5-6-3-1-2-4-8-6;3-1(4)2(5)6/h6,8H,1-4H2;(H,3,4)(H,5,6)/t6-;/m1./s1. The van der Waals surface area contributed by atoms with Gasteiger partial charge in [-0.15, -0.1) is 0 Å². The molecule has 1 atom stereocenters. The number of nitrogens with one attached hydrogen (secondary N) is 1. The predicted octanol–water partition coefficient (Wildman–Crippen LogP) is -0.192. The molecule has 1 heterocycles. The summed E-state index contributed by atoms with van der Waals surface area (Å²) in [6.45, 7) is 1.03. The van der Waals surface area contributed by atoms with Crippen LogP contribution in [0.3, 0.4) is 0 Å². The highest BCUT2D eigenvalue weighted by molar-refractivity contribution is 6.27. The normalized spacial score (nSPS) is 19.8. The summed E-state index contributed by atoms with van der Waals surface area (Å²) >= 11 is 0. The second-order valence-electron chi connectivity index (χ2n) is 2.74. The Morgan fingerprint density at radius 1 is 1.29 bits per heavy atom. The van der Waals surface area contributed by atoms with Crippen LogP contribution >= 0.6 is 0 Å². The van der Waals surface area contributed by atoms with E-state index in [9.17, 15) is 0 Å². The van der Waals surface area contributed by atoms with Gasteiger partial charge in [0, 0.05) is 0 Å². The maximum absolute atomic E-state index is 9.10. The fourth-order valence-corrected chi connectivity index (χ4v) is 0.962. The first-order valence-corrected chi connectivity index (χ1v) is 4.17. The molecule has 1 aliphatic rings. The molecule has 6 heteroatoms. The van der Waals surface area contributed by atoms with Crippen LogP contribution in [0, 0.1) is 11.3 Å². The molecule has 0 radical (unpaired) electrons. The van der Waals surface area contributed by atoms with E-state index in [-0.39, 0.29) is 6.04 Å². The molecule has 0 aromatic rings. The first kappa shape index (κ1) is 12.4. The van der Waals surface area contributed by atoms with Crippen molar-refractivity contribution in [2.24, 2.45) is 0 Å². The summed E-state index contributed by atoms with van der Waals surface area (Å²) in [7, 11) is 0. The molecule has 1 saturated heterocycles. The molecular weight excluding hydrogens is 188 g/mol. The number of hydrogen-bond acceptors (Lipinski definition) is 4. The minimum Gasteiger partial charge on any atom is -0.473 e. The van der Waals surface area contributed by atoms with E-state index in [1.165, 1.54) is 12.8 Å². The largest absolute Gasteiger partial charge is 0.473 e. The smallest absolute Gasteiger partial charge is 0.414 e. The Hall–Kier alpha value is -1.61. The Labute approximate surface area is 81.1 Å². The second-order valence-corrected chi connectivity index (χ2v) is 2.74. The van der Waals surface area contributed by atoms with Crippen LogP contribution in [0.1, 0.15) is 19.3 Å². The van der Waals surface area contributed by atoms with Crippen LogP contribution in [0.5, 0.6) is 0 Å². The van der Waals surface area contributed by atoms with Gasteiger partial charge >= 0.3 is 11.9 Å². The van der Waals surface area contributed by atoms with Crippen molar-refractivity contribution in [3.05, 3.63) is 0 Å². The fraction of sp³-hybridized carbons (Fsp3) is 0.625. The minimum absolute atomic E-state index is 0.142. The van der Waals surface area contributed by atoms with Crippen molar-refractivity contribution >= 4 is 11.9 Å². The van der Waals surface area contributed by atoms with E-state index in [1.807, 2.05) is 0 Å². The summed E-state index contributed by atoms with van der Waals surface area (Å²) in [6, 6.07) is 2.34. The zero-order valence-corrected chi connectivity index (χ0v) is 7.56. The van der Waals surface area contributed by atoms with Crippen LogP contribution in [0.25, 0.3) is 0 Å². The molecule has 1 rings (SSSR count). The monoisotopic (exact) mass is 200 g/mol. The second kappa shape index (κ2) is 6.86. The van der Waals surface area contributed by atoms with E-state index in [2.05, 4.69) is 11.4 Å². The Balaban J connectivity index is 0.000000255. The van der Waals surface area contributed by atoms with Crippen LogP contribution in [-0.2, 0) is 9.59 Å². The summed E-state index contributed by atoms with van der Waals surface area (Å²) in [4.78, 5) is 18.2. The number of piperidine rings is 1. The lowest BCUT2D eigenvalue weighted by atomic mass is 10.1. The predicted molar refractivity (Wildman–Crippen MR) is 46.5 cm³/mol. The fourth-order valence-electron chi connectivity index (χ4n) is 0.962. The first-order valence-electron chi connectivity index (χ1n) is 4.17. The Morgan fingerprint density at radius 3 is 2.07 bits per heavy atom. The van der Waals surface area contributed by atoms with E-state index in [1.54, 1.807) is 0 Å². The van der Waals surface area contributed by atoms with Crippen LogP contribution in [0.4, 0.5) is 0 Å². The Bertz CT molecular complexity index is 228. The zero-order chi connectivity index (χ0) is 11.0. The summed E-state index contributed by atoms with van der Waals surface area (Å²) in [5.41, 5.74) is 0. The molecule has 0 amide bonds. The Kier molecular flexibility index (Phi) is 6.07. The van der Waals surface area contributed by atoms with Gasteiger partial charge in [-0.1, -0.05) is 0 Å². The van der Waals surface area contributed by atoms with Gasteiger partial charge in [0.25, 0.3) is 0 Å². The molecule has 1 aliphatic heterocycles. The number of carbonyl (C=O) groups is 2. The number of rotatable bonds is 0. The highest BCUT2D eigenvalue weighted by Crippen LogP contribution is 2.04. The maximum Gasteiger partial charge on any atom is 0.414 e. The molecule has 0 aliphatic carbocycles. The third-order valence-electron chi connectivity index (χ3n) is 1.65. The number of aliphatic carboxylic acids is 2. The molecule has 0 bridgehead atoms. The van der Waals surface area contributed by atoms with Crippen molar-refractivity contribution in [1.82, 2.24) is 5.32 Å². The van der Waals surface area contributed by atoms with Crippen molar-refractivity contribution in [3.8, 4) is 6.07 Å². The van der Waals surface area contributed by atoms with Crippen molar-refractivity contribution in [2.75, 3.05) is 6.54 Å². The SMILES string of the molecule is N#C[C@H]1CCCCN1.O=C(O)C(=O)O. The quantitative estimate of drug-likeness (QED) is 0.467. The van der Waals surface area contributed by atoms with Gasteiger partial charge in [0.05, 0.1) is 12.1 Å². The lowest BCUT2D eigenvalue weighted by Crippen LogP contribution is -2.32. The van der Waals surface area contributed by atoms with Crippen molar-refractivity contribution in [2.45, 2.75) is 25.3 Å². The summed E-state index contributed by atoms with van der Waals surface area (Å²) in [5.74, 6) is -3.65.